The maximum Gasteiger partial charge on any atom is 0.244 e. The van der Waals surface area contributed by atoms with Crippen molar-refractivity contribution in [3.05, 3.63) is 63.1 Å². The van der Waals surface area contributed by atoms with E-state index in [4.69, 9.17) is 34.8 Å². The minimum Gasteiger partial charge on any atom is -0.350 e. The van der Waals surface area contributed by atoms with E-state index in [1.807, 2.05) is 20.8 Å². The van der Waals surface area contributed by atoms with E-state index in [1.165, 1.54) is 23.1 Å². The maximum absolute atomic E-state index is 13.5. The number of hydrogen-bond donors (Lipinski definition) is 1. The van der Waals surface area contributed by atoms with Crippen molar-refractivity contribution < 1.29 is 18.0 Å². The SMILES string of the molecule is CC(C(=O)NC(C)(C)C)N(Cc1ccccc1Cl)C(=O)CN(c1ccc(Cl)cc1Cl)S(C)(=O)=O. The van der Waals surface area contributed by atoms with Gasteiger partial charge in [-0.15, -0.1) is 0 Å². The van der Waals surface area contributed by atoms with Gasteiger partial charge in [-0.3, -0.25) is 13.9 Å². The third kappa shape index (κ3) is 7.77. The molecular formula is C23H28Cl3N3O4S. The van der Waals surface area contributed by atoms with Gasteiger partial charge in [-0.2, -0.15) is 0 Å². The van der Waals surface area contributed by atoms with Gasteiger partial charge in [-0.25, -0.2) is 8.42 Å². The number of carbonyl (C=O) groups excluding carboxylic acids is 2. The second-order valence-electron chi connectivity index (χ2n) is 8.89. The van der Waals surface area contributed by atoms with E-state index in [9.17, 15) is 18.0 Å². The predicted octanol–water partition coefficient (Wildman–Crippen LogP) is 4.74. The molecule has 0 fully saturated rings. The number of hydrogen-bond acceptors (Lipinski definition) is 4. The van der Waals surface area contributed by atoms with Gasteiger partial charge in [-0.05, 0) is 57.5 Å². The molecule has 1 unspecified atom stereocenters. The summed E-state index contributed by atoms with van der Waals surface area (Å²) in [4.78, 5) is 27.7. The molecule has 2 aromatic carbocycles. The zero-order valence-electron chi connectivity index (χ0n) is 19.6. The summed E-state index contributed by atoms with van der Waals surface area (Å²) in [5.74, 6) is -0.990. The van der Waals surface area contributed by atoms with Gasteiger partial charge in [0, 0.05) is 22.1 Å². The standard InChI is InChI=1S/C23H28Cl3N3O4S/c1-15(22(31)27-23(2,3)4)28(13-16-8-6-7-9-18(16)25)21(30)14-29(34(5,32)33)20-11-10-17(24)12-19(20)26/h6-12,15H,13-14H2,1-5H3,(H,27,31). The minimum absolute atomic E-state index is 0.00316. The van der Waals surface area contributed by atoms with Crippen molar-refractivity contribution in [3.63, 3.8) is 0 Å². The highest BCUT2D eigenvalue weighted by Gasteiger charge is 2.32. The molecule has 34 heavy (non-hydrogen) atoms. The van der Waals surface area contributed by atoms with Crippen molar-refractivity contribution >= 4 is 62.3 Å². The Labute approximate surface area is 216 Å². The van der Waals surface area contributed by atoms with E-state index in [2.05, 4.69) is 5.32 Å². The monoisotopic (exact) mass is 547 g/mol. The molecule has 11 heteroatoms. The molecule has 0 aliphatic heterocycles. The van der Waals surface area contributed by atoms with E-state index < -0.39 is 34.1 Å². The van der Waals surface area contributed by atoms with E-state index in [0.717, 1.165) is 10.6 Å². The number of nitrogens with one attached hydrogen (secondary N) is 1. The third-order valence-corrected chi connectivity index (χ3v) is 6.85. The molecule has 0 bridgehead atoms. The molecule has 0 aromatic heterocycles. The lowest BCUT2D eigenvalue weighted by Gasteiger charge is -2.33. The fourth-order valence-corrected chi connectivity index (χ4v) is 4.76. The van der Waals surface area contributed by atoms with Gasteiger partial charge in [0.1, 0.15) is 12.6 Å². The van der Waals surface area contributed by atoms with Gasteiger partial charge in [0.25, 0.3) is 0 Å². The summed E-state index contributed by atoms with van der Waals surface area (Å²) in [6.07, 6.45) is 0.972. The zero-order valence-corrected chi connectivity index (χ0v) is 22.7. The van der Waals surface area contributed by atoms with E-state index >= 15 is 0 Å². The summed E-state index contributed by atoms with van der Waals surface area (Å²) >= 11 is 18.5. The van der Waals surface area contributed by atoms with Crippen LogP contribution in [0.15, 0.2) is 42.5 Å². The first kappa shape index (κ1) is 28.2. The Morgan fingerprint density at radius 3 is 2.18 bits per heavy atom. The Hall–Kier alpha value is -2.00. The van der Waals surface area contributed by atoms with Crippen molar-refractivity contribution in [1.82, 2.24) is 10.2 Å². The van der Waals surface area contributed by atoms with Gasteiger partial charge in [0.15, 0.2) is 0 Å². The minimum atomic E-state index is -3.91. The van der Waals surface area contributed by atoms with Crippen LogP contribution in [0, 0.1) is 0 Å². The fraction of sp³-hybridized carbons (Fsp3) is 0.391. The lowest BCUT2D eigenvalue weighted by atomic mass is 10.1. The van der Waals surface area contributed by atoms with Crippen LogP contribution in [0.1, 0.15) is 33.3 Å². The van der Waals surface area contributed by atoms with E-state index in [0.29, 0.717) is 15.6 Å². The summed E-state index contributed by atoms with van der Waals surface area (Å²) in [6.45, 7) is 6.49. The molecule has 7 nitrogen and oxygen atoms in total. The van der Waals surface area contributed by atoms with Crippen molar-refractivity contribution in [2.75, 3.05) is 17.1 Å². The molecule has 0 saturated heterocycles. The first-order valence-corrected chi connectivity index (χ1v) is 13.4. The van der Waals surface area contributed by atoms with Crippen LogP contribution < -0.4 is 9.62 Å². The number of sulfonamides is 1. The Bertz CT molecular complexity index is 1170. The lowest BCUT2D eigenvalue weighted by molar-refractivity contribution is -0.140. The second kappa shape index (κ2) is 11.2. The lowest BCUT2D eigenvalue weighted by Crippen LogP contribution is -2.54. The summed E-state index contributed by atoms with van der Waals surface area (Å²) in [5.41, 5.74) is 0.190. The Balaban J connectivity index is 2.45. The number of halogens is 3. The number of amides is 2. The largest absolute Gasteiger partial charge is 0.350 e. The Morgan fingerprint density at radius 2 is 1.65 bits per heavy atom. The van der Waals surface area contributed by atoms with Crippen LogP contribution in [0.5, 0.6) is 0 Å². The van der Waals surface area contributed by atoms with Gasteiger partial charge >= 0.3 is 0 Å². The summed E-state index contributed by atoms with van der Waals surface area (Å²) in [7, 11) is -3.91. The summed E-state index contributed by atoms with van der Waals surface area (Å²) in [6, 6.07) is 10.3. The molecular weight excluding hydrogens is 521 g/mol. The molecule has 2 aromatic rings. The Morgan fingerprint density at radius 1 is 1.03 bits per heavy atom. The maximum atomic E-state index is 13.5. The second-order valence-corrected chi connectivity index (χ2v) is 12.1. The van der Waals surface area contributed by atoms with Gasteiger partial charge in [0.05, 0.1) is 17.0 Å². The van der Waals surface area contributed by atoms with E-state index in [1.54, 1.807) is 31.2 Å². The van der Waals surface area contributed by atoms with Crippen LogP contribution >= 0.6 is 34.8 Å². The van der Waals surface area contributed by atoms with Crippen molar-refractivity contribution in [1.29, 1.82) is 0 Å². The highest BCUT2D eigenvalue weighted by atomic mass is 35.5. The molecule has 186 valence electrons. The first-order chi connectivity index (χ1) is 15.6. The molecule has 0 radical (unpaired) electrons. The molecule has 2 amide bonds. The van der Waals surface area contributed by atoms with Gasteiger partial charge < -0.3 is 10.2 Å². The third-order valence-electron chi connectivity index (χ3n) is 4.82. The number of rotatable bonds is 8. The van der Waals surface area contributed by atoms with Gasteiger partial charge in [-0.1, -0.05) is 53.0 Å². The molecule has 1 N–H and O–H groups in total. The topological polar surface area (TPSA) is 86.8 Å². The summed E-state index contributed by atoms with van der Waals surface area (Å²) in [5, 5.41) is 3.66. The van der Waals surface area contributed by atoms with Crippen molar-refractivity contribution in [2.24, 2.45) is 0 Å². The number of anilines is 1. The van der Waals surface area contributed by atoms with E-state index in [-0.39, 0.29) is 23.2 Å². The van der Waals surface area contributed by atoms with Crippen LogP contribution in [0.4, 0.5) is 5.69 Å². The fourth-order valence-electron chi connectivity index (χ4n) is 3.15. The smallest absolute Gasteiger partial charge is 0.244 e. The molecule has 0 spiro atoms. The molecule has 0 aliphatic rings. The predicted molar refractivity (Wildman–Crippen MR) is 138 cm³/mol. The number of benzene rings is 2. The van der Waals surface area contributed by atoms with Crippen molar-refractivity contribution in [2.45, 2.75) is 45.8 Å². The van der Waals surface area contributed by atoms with Crippen LogP contribution in [-0.4, -0.2) is 49.5 Å². The molecule has 0 aliphatic carbocycles. The van der Waals surface area contributed by atoms with Crippen molar-refractivity contribution in [3.8, 4) is 0 Å². The highest BCUT2D eigenvalue weighted by molar-refractivity contribution is 7.92. The summed E-state index contributed by atoms with van der Waals surface area (Å²) < 4.78 is 26.1. The zero-order chi connectivity index (χ0) is 25.8. The van der Waals surface area contributed by atoms with Gasteiger partial charge in [0.2, 0.25) is 21.8 Å². The number of carbonyl (C=O) groups is 2. The average Bonchev–Trinajstić information content (AvgIpc) is 2.69. The first-order valence-electron chi connectivity index (χ1n) is 10.4. The average molecular weight is 549 g/mol. The quantitative estimate of drug-likeness (QED) is 0.516. The van der Waals surface area contributed by atoms with Crippen LogP contribution in [0.2, 0.25) is 15.1 Å². The molecule has 0 heterocycles. The normalized spacial score (nSPS) is 12.7. The number of nitrogens with zero attached hydrogens (tertiary/aromatic N) is 2. The Kier molecular flexibility index (Phi) is 9.27. The molecule has 0 saturated carbocycles. The van der Waals surface area contributed by atoms with Crippen LogP contribution in [0.3, 0.4) is 0 Å². The van der Waals surface area contributed by atoms with Crippen LogP contribution in [0.25, 0.3) is 0 Å². The molecule has 2 rings (SSSR count). The highest BCUT2D eigenvalue weighted by Crippen LogP contribution is 2.30. The molecule has 1 atom stereocenters. The van der Waals surface area contributed by atoms with Crippen LogP contribution in [-0.2, 0) is 26.2 Å².